The van der Waals surface area contributed by atoms with Crippen LogP contribution in [0.5, 0.6) is 17.2 Å². The zero-order valence-electron chi connectivity index (χ0n) is 14.5. The molecule has 0 saturated carbocycles. The van der Waals surface area contributed by atoms with Gasteiger partial charge >= 0.3 is 0 Å². The second-order valence-corrected chi connectivity index (χ2v) is 5.93. The first-order chi connectivity index (χ1) is 13.4. The molecule has 2 aromatic rings. The van der Waals surface area contributed by atoms with Gasteiger partial charge in [-0.25, -0.2) is 8.78 Å². The largest absolute Gasteiger partial charge is 0.490 e. The standard InChI is InChI=1S/C18H17F2N3O5/c19-11-2-4-13(16(20)15(11)18(22)24)26-6-5-10-8-27-12-3-1-9(17(21)23-25)7-14(12)28-10/h1-4,7,10,25H,5-6,8H2,(H2,21,23)(H2,22,24). The highest BCUT2D eigenvalue weighted by Crippen LogP contribution is 2.33. The summed E-state index contributed by atoms with van der Waals surface area (Å²) < 4.78 is 44.3. The Morgan fingerprint density at radius 1 is 1.25 bits per heavy atom. The van der Waals surface area contributed by atoms with Gasteiger partial charge in [0.25, 0.3) is 5.91 Å². The molecule has 148 valence electrons. The third-order valence-corrected chi connectivity index (χ3v) is 4.07. The number of halogens is 2. The molecule has 28 heavy (non-hydrogen) atoms. The second-order valence-electron chi connectivity index (χ2n) is 5.93. The predicted molar refractivity (Wildman–Crippen MR) is 93.9 cm³/mol. The molecule has 1 amide bonds. The maximum atomic E-state index is 14.1. The molecule has 0 aliphatic carbocycles. The van der Waals surface area contributed by atoms with Crippen LogP contribution < -0.4 is 25.7 Å². The van der Waals surface area contributed by atoms with Crippen molar-refractivity contribution in [2.45, 2.75) is 12.5 Å². The molecule has 1 aliphatic rings. The fourth-order valence-corrected chi connectivity index (χ4v) is 2.65. The van der Waals surface area contributed by atoms with E-state index in [0.717, 1.165) is 12.1 Å². The summed E-state index contributed by atoms with van der Waals surface area (Å²) in [6.07, 6.45) is -0.0927. The molecule has 3 rings (SSSR count). The number of nitrogens with zero attached hydrogens (tertiary/aromatic N) is 1. The molecule has 8 nitrogen and oxygen atoms in total. The lowest BCUT2D eigenvalue weighted by atomic mass is 10.1. The van der Waals surface area contributed by atoms with E-state index in [4.69, 9.17) is 30.9 Å². The Bertz CT molecular complexity index is 936. The van der Waals surface area contributed by atoms with Crippen LogP contribution in [0.15, 0.2) is 35.5 Å². The third-order valence-electron chi connectivity index (χ3n) is 4.07. The van der Waals surface area contributed by atoms with Crippen molar-refractivity contribution in [1.29, 1.82) is 0 Å². The van der Waals surface area contributed by atoms with E-state index in [2.05, 4.69) is 5.16 Å². The van der Waals surface area contributed by atoms with Crippen molar-refractivity contribution >= 4 is 11.7 Å². The fraction of sp³-hybridized carbons (Fsp3) is 0.222. The summed E-state index contributed by atoms with van der Waals surface area (Å²) in [6.45, 7) is 0.252. The average Bonchev–Trinajstić information content (AvgIpc) is 2.68. The predicted octanol–water partition coefficient (Wildman–Crippen LogP) is 1.77. The van der Waals surface area contributed by atoms with Gasteiger partial charge in [-0.15, -0.1) is 0 Å². The number of hydrogen-bond acceptors (Lipinski definition) is 6. The lowest BCUT2D eigenvalue weighted by Crippen LogP contribution is -2.31. The molecule has 2 aromatic carbocycles. The number of amides is 1. The maximum absolute atomic E-state index is 14.1. The summed E-state index contributed by atoms with van der Waals surface area (Å²) in [7, 11) is 0. The molecular weight excluding hydrogens is 376 g/mol. The van der Waals surface area contributed by atoms with Gasteiger partial charge in [-0.2, -0.15) is 0 Å². The monoisotopic (exact) mass is 393 g/mol. The van der Waals surface area contributed by atoms with Crippen LogP contribution in [-0.4, -0.2) is 36.3 Å². The zero-order chi connectivity index (χ0) is 20.3. The van der Waals surface area contributed by atoms with E-state index in [1.54, 1.807) is 18.2 Å². The van der Waals surface area contributed by atoms with Crippen LogP contribution in [-0.2, 0) is 0 Å². The first-order valence-corrected chi connectivity index (χ1v) is 8.22. The van der Waals surface area contributed by atoms with Gasteiger partial charge < -0.3 is 30.9 Å². The highest BCUT2D eigenvalue weighted by atomic mass is 19.1. The molecule has 5 N–H and O–H groups in total. The van der Waals surface area contributed by atoms with E-state index < -0.39 is 29.2 Å². The molecule has 1 aliphatic heterocycles. The van der Waals surface area contributed by atoms with E-state index in [0.29, 0.717) is 23.5 Å². The second kappa shape index (κ2) is 7.99. The minimum Gasteiger partial charge on any atom is -0.490 e. The highest BCUT2D eigenvalue weighted by molar-refractivity contribution is 5.97. The quantitative estimate of drug-likeness (QED) is 0.297. The average molecular weight is 393 g/mol. The summed E-state index contributed by atoms with van der Waals surface area (Å²) in [5.74, 6) is -2.88. The fourth-order valence-electron chi connectivity index (χ4n) is 2.65. The molecule has 1 unspecified atom stereocenters. The summed E-state index contributed by atoms with van der Waals surface area (Å²) in [6, 6.07) is 6.80. The van der Waals surface area contributed by atoms with E-state index >= 15 is 0 Å². The first-order valence-electron chi connectivity index (χ1n) is 8.22. The molecular formula is C18H17F2N3O5. The first kappa shape index (κ1) is 19.2. The number of oxime groups is 1. The van der Waals surface area contributed by atoms with Gasteiger partial charge in [0.2, 0.25) is 0 Å². The Labute approximate surface area is 158 Å². The van der Waals surface area contributed by atoms with Crippen LogP contribution in [0.25, 0.3) is 0 Å². The Morgan fingerprint density at radius 3 is 2.75 bits per heavy atom. The van der Waals surface area contributed by atoms with Crippen molar-refractivity contribution < 1.29 is 33.0 Å². The Morgan fingerprint density at radius 2 is 2.04 bits per heavy atom. The lowest BCUT2D eigenvalue weighted by Gasteiger charge is -2.27. The van der Waals surface area contributed by atoms with Crippen LogP contribution in [0, 0.1) is 11.6 Å². The molecule has 1 atom stereocenters. The number of ether oxygens (including phenoxy) is 3. The normalized spacial score (nSPS) is 15.9. The number of primary amides is 1. The van der Waals surface area contributed by atoms with Crippen LogP contribution in [0.4, 0.5) is 8.78 Å². The van der Waals surface area contributed by atoms with Crippen molar-refractivity contribution in [1.82, 2.24) is 0 Å². The molecule has 10 heteroatoms. The molecule has 0 saturated heterocycles. The minimum atomic E-state index is -1.22. The van der Waals surface area contributed by atoms with Gasteiger partial charge in [-0.1, -0.05) is 5.16 Å². The van der Waals surface area contributed by atoms with Gasteiger partial charge in [0.1, 0.15) is 24.1 Å². The van der Waals surface area contributed by atoms with Gasteiger partial charge in [-0.05, 0) is 30.3 Å². The van der Waals surface area contributed by atoms with E-state index in [9.17, 15) is 13.6 Å². The maximum Gasteiger partial charge on any atom is 0.254 e. The molecule has 0 spiro atoms. The van der Waals surface area contributed by atoms with Crippen molar-refractivity contribution in [3.8, 4) is 17.2 Å². The van der Waals surface area contributed by atoms with Crippen LogP contribution in [0.2, 0.25) is 0 Å². The number of benzene rings is 2. The Kier molecular flexibility index (Phi) is 5.48. The van der Waals surface area contributed by atoms with E-state index in [1.165, 1.54) is 0 Å². The summed E-state index contributed by atoms with van der Waals surface area (Å²) in [4.78, 5) is 11.1. The number of hydrogen-bond donors (Lipinski definition) is 3. The topological polar surface area (TPSA) is 129 Å². The SMILES string of the molecule is NC(=O)c1c(F)ccc(OCCC2COc3ccc(/C(N)=N\O)cc3O2)c1F. The molecule has 0 bridgehead atoms. The lowest BCUT2D eigenvalue weighted by molar-refractivity contribution is 0.0728. The smallest absolute Gasteiger partial charge is 0.254 e. The number of rotatable bonds is 6. The summed E-state index contributed by atoms with van der Waals surface area (Å²) >= 11 is 0. The van der Waals surface area contributed by atoms with Crippen LogP contribution in [0.1, 0.15) is 22.3 Å². The Hall–Kier alpha value is -3.56. The van der Waals surface area contributed by atoms with E-state index in [1.807, 2.05) is 0 Å². The summed E-state index contributed by atoms with van der Waals surface area (Å²) in [5.41, 5.74) is 10.1. The van der Waals surface area contributed by atoms with Crippen LogP contribution >= 0.6 is 0 Å². The molecule has 0 aromatic heterocycles. The third kappa shape index (κ3) is 3.90. The van der Waals surface area contributed by atoms with E-state index in [-0.39, 0.29) is 24.8 Å². The van der Waals surface area contributed by atoms with Gasteiger partial charge in [-0.3, -0.25) is 4.79 Å². The molecule has 0 fully saturated rings. The molecule has 0 radical (unpaired) electrons. The van der Waals surface area contributed by atoms with Crippen molar-refractivity contribution in [2.75, 3.05) is 13.2 Å². The van der Waals surface area contributed by atoms with Gasteiger partial charge in [0.05, 0.1) is 6.61 Å². The number of carbonyl (C=O) groups is 1. The molecule has 1 heterocycles. The number of amidine groups is 1. The Balaban J connectivity index is 1.63. The minimum absolute atomic E-state index is 0.0179. The van der Waals surface area contributed by atoms with Crippen molar-refractivity contribution in [3.63, 3.8) is 0 Å². The van der Waals surface area contributed by atoms with Gasteiger partial charge in [0.15, 0.2) is 28.9 Å². The number of carbonyl (C=O) groups excluding carboxylic acids is 1. The summed E-state index contributed by atoms with van der Waals surface area (Å²) in [5, 5.41) is 11.7. The van der Waals surface area contributed by atoms with Gasteiger partial charge in [0, 0.05) is 12.0 Å². The number of fused-ring (bicyclic) bond motifs is 1. The highest BCUT2D eigenvalue weighted by Gasteiger charge is 2.23. The number of nitrogens with two attached hydrogens (primary N) is 2. The van der Waals surface area contributed by atoms with Crippen LogP contribution in [0.3, 0.4) is 0 Å². The van der Waals surface area contributed by atoms with Crippen molar-refractivity contribution in [3.05, 3.63) is 53.1 Å². The zero-order valence-corrected chi connectivity index (χ0v) is 14.5. The van der Waals surface area contributed by atoms with Crippen molar-refractivity contribution in [2.24, 2.45) is 16.6 Å².